The summed E-state index contributed by atoms with van der Waals surface area (Å²) >= 11 is 0. The zero-order chi connectivity index (χ0) is 27.6. The lowest BCUT2D eigenvalue weighted by Crippen LogP contribution is -2.47. The normalized spacial score (nSPS) is 11.8. The van der Waals surface area contributed by atoms with Crippen LogP contribution in [0.25, 0.3) is 11.1 Å². The van der Waals surface area contributed by atoms with Crippen molar-refractivity contribution in [2.75, 3.05) is 19.7 Å². The van der Waals surface area contributed by atoms with E-state index in [1.807, 2.05) is 65.8 Å². The van der Waals surface area contributed by atoms with Crippen LogP contribution in [0.2, 0.25) is 0 Å². The Bertz CT molecular complexity index is 931. The molecule has 0 aromatic heterocycles. The first-order valence-electron chi connectivity index (χ1n) is 13.7. The highest BCUT2D eigenvalue weighted by molar-refractivity contribution is 5.86. The fraction of sp³-hybridized carbons (Fsp3) is 0.500. The van der Waals surface area contributed by atoms with Gasteiger partial charge in [0, 0.05) is 25.4 Å². The monoisotopic (exact) mass is 511 g/mol. The summed E-state index contributed by atoms with van der Waals surface area (Å²) in [6.45, 7) is 13.2. The Morgan fingerprint density at radius 2 is 1.32 bits per heavy atom. The van der Waals surface area contributed by atoms with Gasteiger partial charge in [-0.05, 0) is 41.5 Å². The molecule has 3 amide bonds. The molecule has 0 spiro atoms. The van der Waals surface area contributed by atoms with Crippen LogP contribution in [0.5, 0.6) is 0 Å². The molecule has 1 atom stereocenters. The van der Waals surface area contributed by atoms with E-state index in [1.165, 1.54) is 0 Å². The first kappa shape index (κ1) is 31.7. The van der Waals surface area contributed by atoms with E-state index in [2.05, 4.69) is 40.2 Å². The molecule has 3 N–H and O–H groups in total. The first-order chi connectivity index (χ1) is 18.0. The molecule has 0 saturated carbocycles. The van der Waals surface area contributed by atoms with Gasteiger partial charge >= 0.3 is 6.09 Å². The highest BCUT2D eigenvalue weighted by Crippen LogP contribution is 2.44. The van der Waals surface area contributed by atoms with Crippen LogP contribution in [0, 0.1) is 0 Å². The molecule has 0 aliphatic heterocycles. The van der Waals surface area contributed by atoms with Crippen LogP contribution in [0.1, 0.15) is 84.3 Å². The van der Waals surface area contributed by atoms with Gasteiger partial charge < -0.3 is 20.7 Å². The Morgan fingerprint density at radius 3 is 1.86 bits per heavy atom. The summed E-state index contributed by atoms with van der Waals surface area (Å²) in [6.07, 6.45) is 1.30. The Balaban J connectivity index is 0.00000163. The van der Waals surface area contributed by atoms with E-state index >= 15 is 0 Å². The molecule has 0 radical (unpaired) electrons. The minimum atomic E-state index is -0.834. The van der Waals surface area contributed by atoms with E-state index in [0.29, 0.717) is 13.1 Å². The molecule has 1 aliphatic carbocycles. The second-order valence-corrected chi connectivity index (χ2v) is 8.20. The van der Waals surface area contributed by atoms with E-state index in [9.17, 15) is 14.4 Å². The van der Waals surface area contributed by atoms with Crippen molar-refractivity contribution < 1.29 is 19.1 Å². The van der Waals surface area contributed by atoms with E-state index < -0.39 is 12.1 Å². The molecular weight excluding hydrogens is 466 g/mol. The van der Waals surface area contributed by atoms with Crippen LogP contribution in [0.3, 0.4) is 0 Å². The molecule has 204 valence electrons. The number of carbonyl (C=O) groups excluding carboxylic acids is 3. The molecule has 7 nitrogen and oxygen atoms in total. The minimum absolute atomic E-state index is 0.0599. The van der Waals surface area contributed by atoms with Crippen molar-refractivity contribution in [1.29, 1.82) is 0 Å². The predicted octanol–water partition coefficient (Wildman–Crippen LogP) is 5.78. The zero-order valence-corrected chi connectivity index (χ0v) is 23.4. The highest BCUT2D eigenvalue weighted by atomic mass is 16.5. The lowest BCUT2D eigenvalue weighted by Gasteiger charge is -2.19. The van der Waals surface area contributed by atoms with Crippen molar-refractivity contribution in [3.63, 3.8) is 0 Å². The second-order valence-electron chi connectivity index (χ2n) is 8.20. The first-order valence-corrected chi connectivity index (χ1v) is 13.7. The third-order valence-electron chi connectivity index (χ3n) is 5.73. The average molecular weight is 512 g/mol. The van der Waals surface area contributed by atoms with E-state index in [4.69, 9.17) is 4.74 Å². The molecule has 2 aromatic carbocycles. The van der Waals surface area contributed by atoms with Crippen molar-refractivity contribution in [2.45, 2.75) is 79.2 Å². The summed E-state index contributed by atoms with van der Waals surface area (Å²) in [4.78, 5) is 37.1. The number of carbonyl (C=O) groups is 3. The molecule has 7 heteroatoms. The van der Waals surface area contributed by atoms with Crippen LogP contribution in [0.4, 0.5) is 4.79 Å². The lowest BCUT2D eigenvalue weighted by atomic mass is 9.98. The van der Waals surface area contributed by atoms with Crippen LogP contribution < -0.4 is 16.0 Å². The molecule has 2 aromatic rings. The Hall–Kier alpha value is -3.35. The molecule has 1 unspecified atom stereocenters. The third kappa shape index (κ3) is 9.56. The molecule has 3 rings (SSSR count). The van der Waals surface area contributed by atoms with Gasteiger partial charge in [0.1, 0.15) is 12.6 Å². The number of rotatable bonds is 11. The van der Waals surface area contributed by atoms with Crippen molar-refractivity contribution in [3.8, 4) is 11.1 Å². The predicted molar refractivity (Wildman–Crippen MR) is 151 cm³/mol. The number of nitrogens with one attached hydrogen (secondary N) is 3. The van der Waals surface area contributed by atoms with Gasteiger partial charge in [-0.25, -0.2) is 4.79 Å². The van der Waals surface area contributed by atoms with E-state index in [0.717, 1.165) is 35.1 Å². The standard InChI is InChI=1S/C26H33N3O4.2C2H6/c1-3-15-27-24(30)14-13-23(25(31)28-16-4-2)29-26(32)33-17-22-20-11-7-5-9-18(20)19-10-6-8-12-21(19)22;2*1-2/h5-12,22-23H,3-4,13-17H2,1-2H3,(H,27,30)(H,28,31)(H,29,32);2*1-2H3. The minimum Gasteiger partial charge on any atom is -0.449 e. The SMILES string of the molecule is CC.CC.CCCNC(=O)CCC(NC(=O)OCC1c2ccccc2-c2ccccc21)C(=O)NCCC. The second kappa shape index (κ2) is 18.0. The fourth-order valence-electron chi connectivity index (χ4n) is 4.05. The summed E-state index contributed by atoms with van der Waals surface area (Å²) < 4.78 is 5.57. The molecule has 0 heterocycles. The number of alkyl carbamates (subject to hydrolysis) is 1. The maximum Gasteiger partial charge on any atom is 0.407 e. The largest absolute Gasteiger partial charge is 0.449 e. The number of amides is 3. The number of benzene rings is 2. The Kier molecular flexibility index (Phi) is 15.4. The molecular formula is C30H45N3O4. The van der Waals surface area contributed by atoms with Gasteiger partial charge in [-0.1, -0.05) is 90.1 Å². The third-order valence-corrected chi connectivity index (χ3v) is 5.73. The van der Waals surface area contributed by atoms with Crippen LogP contribution >= 0.6 is 0 Å². The Morgan fingerprint density at radius 1 is 0.811 bits per heavy atom. The number of ether oxygens (including phenoxy) is 1. The summed E-state index contributed by atoms with van der Waals surface area (Å²) in [5.41, 5.74) is 4.54. The fourth-order valence-corrected chi connectivity index (χ4v) is 4.05. The van der Waals surface area contributed by atoms with Crippen LogP contribution in [0.15, 0.2) is 48.5 Å². The molecule has 1 aliphatic rings. The van der Waals surface area contributed by atoms with Crippen molar-refractivity contribution in [1.82, 2.24) is 16.0 Å². The van der Waals surface area contributed by atoms with Gasteiger partial charge in [-0.2, -0.15) is 0 Å². The average Bonchev–Trinajstić information content (AvgIpc) is 3.27. The van der Waals surface area contributed by atoms with Gasteiger partial charge in [-0.15, -0.1) is 0 Å². The Labute approximate surface area is 222 Å². The van der Waals surface area contributed by atoms with Crippen LogP contribution in [-0.2, 0) is 14.3 Å². The number of hydrogen-bond donors (Lipinski definition) is 3. The van der Waals surface area contributed by atoms with Gasteiger partial charge in [0.15, 0.2) is 0 Å². The van der Waals surface area contributed by atoms with Gasteiger partial charge in [0.2, 0.25) is 11.8 Å². The molecule has 0 bridgehead atoms. The van der Waals surface area contributed by atoms with Gasteiger partial charge in [-0.3, -0.25) is 9.59 Å². The van der Waals surface area contributed by atoms with Crippen LogP contribution in [-0.4, -0.2) is 43.6 Å². The maximum absolute atomic E-state index is 12.6. The summed E-state index contributed by atoms with van der Waals surface area (Å²) in [7, 11) is 0. The number of hydrogen-bond acceptors (Lipinski definition) is 4. The molecule has 37 heavy (non-hydrogen) atoms. The van der Waals surface area contributed by atoms with Gasteiger partial charge in [0.05, 0.1) is 0 Å². The summed E-state index contributed by atoms with van der Waals surface area (Å²) in [5.74, 6) is -0.511. The van der Waals surface area contributed by atoms with Crippen molar-refractivity contribution >= 4 is 17.9 Å². The summed E-state index contributed by atoms with van der Waals surface area (Å²) in [6, 6.07) is 15.4. The van der Waals surface area contributed by atoms with E-state index in [1.54, 1.807) is 0 Å². The van der Waals surface area contributed by atoms with Crippen molar-refractivity contribution in [2.24, 2.45) is 0 Å². The van der Waals surface area contributed by atoms with Crippen molar-refractivity contribution in [3.05, 3.63) is 59.7 Å². The topological polar surface area (TPSA) is 96.5 Å². The van der Waals surface area contributed by atoms with E-state index in [-0.39, 0.29) is 37.2 Å². The number of fused-ring (bicyclic) bond motifs is 3. The zero-order valence-electron chi connectivity index (χ0n) is 23.4. The lowest BCUT2D eigenvalue weighted by molar-refractivity contribution is -0.124. The summed E-state index contributed by atoms with van der Waals surface area (Å²) in [5, 5.41) is 8.23. The maximum atomic E-state index is 12.6. The smallest absolute Gasteiger partial charge is 0.407 e. The molecule has 0 fully saturated rings. The highest BCUT2D eigenvalue weighted by Gasteiger charge is 2.29. The quantitative estimate of drug-likeness (QED) is 0.356. The van der Waals surface area contributed by atoms with Gasteiger partial charge in [0.25, 0.3) is 0 Å². The molecule has 0 saturated heterocycles.